The first-order valence-corrected chi connectivity index (χ1v) is 12.0. The minimum Gasteiger partial charge on any atom is -0.444 e. The van der Waals surface area contributed by atoms with Gasteiger partial charge in [-0.1, -0.05) is 31.5 Å². The number of hydrogen-bond donors (Lipinski definition) is 4. The fraction of sp³-hybridized carbons (Fsp3) is 0.625. The molecule has 3 N–H and O–H groups in total. The summed E-state index contributed by atoms with van der Waals surface area (Å²) in [6.45, 7) is 11.1. The molecule has 1 rings (SSSR count). The lowest BCUT2D eigenvalue weighted by molar-refractivity contribution is -0.142. The standard InChI is InChI=1S/C24H39N3O5S/c1-7-8-12-25-21(29)20(18-11-9-10-16(2)17(18)3)27(13-14-28)22(30)19(15-33)26-23(31)32-24(4,5)6/h9-11,19-20,28,33H,7-8,12-15H2,1-6H3,(H,25,29)(H,26,31). The van der Waals surface area contributed by atoms with E-state index in [4.69, 9.17) is 4.74 Å². The van der Waals surface area contributed by atoms with E-state index >= 15 is 0 Å². The molecular weight excluding hydrogens is 442 g/mol. The summed E-state index contributed by atoms with van der Waals surface area (Å²) < 4.78 is 5.27. The highest BCUT2D eigenvalue weighted by atomic mass is 32.1. The van der Waals surface area contributed by atoms with E-state index in [0.717, 1.165) is 24.0 Å². The molecule has 1 aromatic carbocycles. The van der Waals surface area contributed by atoms with Gasteiger partial charge in [0.05, 0.1) is 6.61 Å². The quantitative estimate of drug-likeness (QED) is 0.287. The van der Waals surface area contributed by atoms with Crippen LogP contribution in [0.5, 0.6) is 0 Å². The SMILES string of the molecule is CCCCNC(=O)C(c1cccc(C)c1C)N(CCO)C(=O)C(CS)NC(=O)OC(C)(C)C. The maximum absolute atomic E-state index is 13.5. The van der Waals surface area contributed by atoms with Crippen LogP contribution >= 0.6 is 12.6 Å². The Morgan fingerprint density at radius 3 is 2.42 bits per heavy atom. The third-order valence-corrected chi connectivity index (χ3v) is 5.49. The lowest BCUT2D eigenvalue weighted by Crippen LogP contribution is -2.54. The predicted octanol–water partition coefficient (Wildman–Crippen LogP) is 2.90. The zero-order chi connectivity index (χ0) is 25.2. The predicted molar refractivity (Wildman–Crippen MR) is 132 cm³/mol. The highest BCUT2D eigenvalue weighted by molar-refractivity contribution is 7.80. The van der Waals surface area contributed by atoms with Gasteiger partial charge in [0, 0.05) is 18.8 Å². The number of carbonyl (C=O) groups is 3. The third-order valence-electron chi connectivity index (χ3n) is 5.13. The van der Waals surface area contributed by atoms with Crippen LogP contribution in [0, 0.1) is 13.8 Å². The second kappa shape index (κ2) is 13.4. The normalized spacial score (nSPS) is 13.1. The molecule has 0 aliphatic carbocycles. The molecule has 9 heteroatoms. The average Bonchev–Trinajstić information content (AvgIpc) is 2.73. The van der Waals surface area contributed by atoms with Crippen molar-refractivity contribution in [1.29, 1.82) is 0 Å². The van der Waals surface area contributed by atoms with Gasteiger partial charge in [0.25, 0.3) is 0 Å². The maximum Gasteiger partial charge on any atom is 0.408 e. The molecule has 0 heterocycles. The van der Waals surface area contributed by atoms with E-state index in [1.807, 2.05) is 32.9 Å². The Morgan fingerprint density at radius 2 is 1.88 bits per heavy atom. The van der Waals surface area contributed by atoms with Crippen molar-refractivity contribution in [3.63, 3.8) is 0 Å². The molecule has 0 saturated carbocycles. The highest BCUT2D eigenvalue weighted by Crippen LogP contribution is 2.27. The second-order valence-corrected chi connectivity index (χ2v) is 9.34. The van der Waals surface area contributed by atoms with E-state index in [-0.39, 0.29) is 24.8 Å². The van der Waals surface area contributed by atoms with Gasteiger partial charge >= 0.3 is 6.09 Å². The average molecular weight is 482 g/mol. The Bertz CT molecular complexity index is 810. The van der Waals surface area contributed by atoms with Gasteiger partial charge in [-0.15, -0.1) is 0 Å². The Morgan fingerprint density at radius 1 is 1.21 bits per heavy atom. The number of amides is 3. The number of nitrogens with zero attached hydrogens (tertiary/aromatic N) is 1. The maximum atomic E-state index is 13.5. The Balaban J connectivity index is 3.35. The molecule has 0 aliphatic rings. The third kappa shape index (κ3) is 8.89. The van der Waals surface area contributed by atoms with Crippen LogP contribution in [0.4, 0.5) is 4.79 Å². The molecule has 0 aromatic heterocycles. The lowest BCUT2D eigenvalue weighted by Gasteiger charge is -2.34. The van der Waals surface area contributed by atoms with E-state index in [2.05, 4.69) is 23.3 Å². The first kappa shape index (κ1) is 28.8. The molecule has 1 aromatic rings. The lowest BCUT2D eigenvalue weighted by atomic mass is 9.95. The number of alkyl carbamates (subject to hydrolysis) is 1. The molecule has 0 fully saturated rings. The summed E-state index contributed by atoms with van der Waals surface area (Å²) in [6, 6.07) is 3.57. The molecule has 0 saturated heterocycles. The molecular formula is C24H39N3O5S. The summed E-state index contributed by atoms with van der Waals surface area (Å²) >= 11 is 4.24. The van der Waals surface area contributed by atoms with Gasteiger partial charge in [0.2, 0.25) is 11.8 Å². The van der Waals surface area contributed by atoms with Crippen LogP contribution in [0.1, 0.15) is 63.3 Å². The fourth-order valence-electron chi connectivity index (χ4n) is 3.32. The minimum absolute atomic E-state index is 0.00300. The summed E-state index contributed by atoms with van der Waals surface area (Å²) in [4.78, 5) is 40.4. The molecule has 0 bridgehead atoms. The highest BCUT2D eigenvalue weighted by Gasteiger charge is 2.36. The number of benzene rings is 1. The summed E-state index contributed by atoms with van der Waals surface area (Å²) in [5.74, 6) is -0.868. The number of rotatable bonds is 11. The molecule has 2 atom stereocenters. The van der Waals surface area contributed by atoms with Crippen molar-refractivity contribution >= 4 is 30.5 Å². The largest absolute Gasteiger partial charge is 0.444 e. The number of aryl methyl sites for hydroxylation is 1. The van der Waals surface area contributed by atoms with Crippen molar-refractivity contribution in [1.82, 2.24) is 15.5 Å². The van der Waals surface area contributed by atoms with Gasteiger partial charge in [-0.25, -0.2) is 4.79 Å². The van der Waals surface area contributed by atoms with Gasteiger partial charge in [0.15, 0.2) is 0 Å². The summed E-state index contributed by atoms with van der Waals surface area (Å²) in [5, 5.41) is 15.2. The first-order chi connectivity index (χ1) is 15.5. The molecule has 0 spiro atoms. The smallest absolute Gasteiger partial charge is 0.408 e. The fourth-order valence-corrected chi connectivity index (χ4v) is 3.56. The number of aliphatic hydroxyl groups is 1. The van der Waals surface area contributed by atoms with Crippen molar-refractivity contribution in [2.75, 3.05) is 25.4 Å². The number of aliphatic hydroxyl groups excluding tert-OH is 1. The molecule has 186 valence electrons. The van der Waals surface area contributed by atoms with Crippen LogP contribution in [0.2, 0.25) is 0 Å². The topological polar surface area (TPSA) is 108 Å². The summed E-state index contributed by atoms with van der Waals surface area (Å²) in [7, 11) is 0. The zero-order valence-corrected chi connectivity index (χ0v) is 21.5. The van der Waals surface area contributed by atoms with Crippen LogP contribution in [0.3, 0.4) is 0 Å². The van der Waals surface area contributed by atoms with Gasteiger partial charge in [-0.3, -0.25) is 9.59 Å². The van der Waals surface area contributed by atoms with Gasteiger partial charge < -0.3 is 25.4 Å². The van der Waals surface area contributed by atoms with Gasteiger partial charge in [-0.2, -0.15) is 12.6 Å². The van der Waals surface area contributed by atoms with Gasteiger partial charge in [0.1, 0.15) is 17.7 Å². The number of nitrogens with one attached hydrogen (secondary N) is 2. The second-order valence-electron chi connectivity index (χ2n) is 8.97. The number of unbranched alkanes of at least 4 members (excludes halogenated alkanes) is 1. The van der Waals surface area contributed by atoms with Crippen LogP contribution in [-0.4, -0.2) is 65.0 Å². The minimum atomic E-state index is -1.04. The van der Waals surface area contributed by atoms with Crippen LogP contribution in [-0.2, 0) is 14.3 Å². The van der Waals surface area contributed by atoms with Crippen molar-refractivity contribution in [3.05, 3.63) is 34.9 Å². The summed E-state index contributed by atoms with van der Waals surface area (Å²) in [6.07, 6.45) is 0.961. The zero-order valence-electron chi connectivity index (χ0n) is 20.6. The van der Waals surface area contributed by atoms with Gasteiger partial charge in [-0.05, 0) is 57.7 Å². The summed E-state index contributed by atoms with van der Waals surface area (Å²) in [5.41, 5.74) is 1.79. The van der Waals surface area contributed by atoms with Crippen LogP contribution < -0.4 is 10.6 Å². The first-order valence-electron chi connectivity index (χ1n) is 11.3. The molecule has 8 nitrogen and oxygen atoms in total. The van der Waals surface area contributed by atoms with E-state index in [9.17, 15) is 19.5 Å². The van der Waals surface area contributed by atoms with Crippen molar-refractivity contribution in [2.24, 2.45) is 0 Å². The van der Waals surface area contributed by atoms with E-state index in [1.54, 1.807) is 26.8 Å². The number of hydrogen-bond acceptors (Lipinski definition) is 6. The Hall–Kier alpha value is -2.26. The van der Waals surface area contributed by atoms with E-state index in [1.165, 1.54) is 4.90 Å². The Kier molecular flexibility index (Phi) is 11.7. The number of carbonyl (C=O) groups excluding carboxylic acids is 3. The van der Waals surface area contributed by atoms with Crippen molar-refractivity contribution in [3.8, 4) is 0 Å². The number of ether oxygens (including phenoxy) is 1. The number of thiol groups is 1. The molecule has 33 heavy (non-hydrogen) atoms. The molecule has 0 aliphatic heterocycles. The molecule has 2 unspecified atom stereocenters. The van der Waals surface area contributed by atoms with Crippen LogP contribution in [0.25, 0.3) is 0 Å². The van der Waals surface area contributed by atoms with Crippen LogP contribution in [0.15, 0.2) is 18.2 Å². The molecule has 0 radical (unpaired) electrons. The monoisotopic (exact) mass is 481 g/mol. The van der Waals surface area contributed by atoms with E-state index < -0.39 is 29.7 Å². The van der Waals surface area contributed by atoms with Crippen molar-refractivity contribution in [2.45, 2.75) is 72.1 Å². The van der Waals surface area contributed by atoms with E-state index in [0.29, 0.717) is 12.1 Å². The molecule has 3 amide bonds. The Labute approximate surface area is 202 Å². The van der Waals surface area contributed by atoms with Crippen molar-refractivity contribution < 1.29 is 24.2 Å².